The van der Waals surface area contributed by atoms with Crippen molar-refractivity contribution in [2.75, 3.05) is 0 Å². The van der Waals surface area contributed by atoms with E-state index in [9.17, 15) is 9.18 Å². The summed E-state index contributed by atoms with van der Waals surface area (Å²) in [5, 5.41) is 0. The molecule has 76 valence electrons. The molecule has 3 heteroatoms. The van der Waals surface area contributed by atoms with Crippen LogP contribution in [0.15, 0.2) is 24.3 Å². The Morgan fingerprint density at radius 1 is 1.43 bits per heavy atom. The van der Waals surface area contributed by atoms with Gasteiger partial charge in [0.05, 0.1) is 11.7 Å². The van der Waals surface area contributed by atoms with Crippen LogP contribution in [0.4, 0.5) is 4.39 Å². The van der Waals surface area contributed by atoms with E-state index in [2.05, 4.69) is 0 Å². The van der Waals surface area contributed by atoms with Crippen LogP contribution in [-0.2, 0) is 4.74 Å². The van der Waals surface area contributed by atoms with Crippen molar-refractivity contribution >= 4 is 5.97 Å². The SMILES string of the molecule is CCC(C)OC(=O)c1ccc(F)cc1. The second-order valence-corrected chi connectivity index (χ2v) is 3.13. The van der Waals surface area contributed by atoms with Crippen LogP contribution in [0.1, 0.15) is 30.6 Å². The highest BCUT2D eigenvalue weighted by molar-refractivity contribution is 5.89. The number of hydrogen-bond donors (Lipinski definition) is 0. The molecule has 0 saturated heterocycles. The summed E-state index contributed by atoms with van der Waals surface area (Å²) in [4.78, 5) is 11.4. The molecular weight excluding hydrogens is 183 g/mol. The number of rotatable bonds is 3. The minimum absolute atomic E-state index is 0.104. The summed E-state index contributed by atoms with van der Waals surface area (Å²) in [6.45, 7) is 3.75. The van der Waals surface area contributed by atoms with Crippen LogP contribution in [0.5, 0.6) is 0 Å². The summed E-state index contributed by atoms with van der Waals surface area (Å²) in [7, 11) is 0. The number of carbonyl (C=O) groups excluding carboxylic acids is 1. The molecule has 0 aromatic heterocycles. The van der Waals surface area contributed by atoms with Gasteiger partial charge in [0.1, 0.15) is 5.82 Å². The molecule has 1 aromatic rings. The van der Waals surface area contributed by atoms with Crippen molar-refractivity contribution < 1.29 is 13.9 Å². The molecule has 0 saturated carbocycles. The third-order valence-electron chi connectivity index (χ3n) is 1.96. The predicted octanol–water partition coefficient (Wildman–Crippen LogP) is 2.78. The third kappa shape index (κ3) is 2.83. The van der Waals surface area contributed by atoms with E-state index in [1.807, 2.05) is 13.8 Å². The van der Waals surface area contributed by atoms with E-state index in [0.717, 1.165) is 6.42 Å². The largest absolute Gasteiger partial charge is 0.459 e. The van der Waals surface area contributed by atoms with Crippen molar-refractivity contribution in [3.63, 3.8) is 0 Å². The lowest BCUT2D eigenvalue weighted by Crippen LogP contribution is -2.13. The van der Waals surface area contributed by atoms with Crippen LogP contribution < -0.4 is 0 Å². The molecule has 0 aliphatic rings. The first-order valence-electron chi connectivity index (χ1n) is 4.60. The molecule has 0 fully saturated rings. The Balaban J connectivity index is 2.65. The van der Waals surface area contributed by atoms with Crippen molar-refractivity contribution in [1.82, 2.24) is 0 Å². The quantitative estimate of drug-likeness (QED) is 0.695. The summed E-state index contributed by atoms with van der Waals surface area (Å²) < 4.78 is 17.6. The molecule has 1 rings (SSSR count). The summed E-state index contributed by atoms with van der Waals surface area (Å²) in [5.74, 6) is -0.760. The zero-order valence-corrected chi connectivity index (χ0v) is 8.29. The van der Waals surface area contributed by atoms with Crippen LogP contribution in [0.2, 0.25) is 0 Å². The van der Waals surface area contributed by atoms with Crippen molar-refractivity contribution in [1.29, 1.82) is 0 Å². The van der Waals surface area contributed by atoms with Gasteiger partial charge in [-0.25, -0.2) is 9.18 Å². The normalized spacial score (nSPS) is 12.2. The summed E-state index contributed by atoms with van der Waals surface area (Å²) in [6, 6.07) is 5.32. The summed E-state index contributed by atoms with van der Waals surface area (Å²) >= 11 is 0. The molecule has 1 aromatic carbocycles. The van der Waals surface area contributed by atoms with Crippen molar-refractivity contribution in [2.24, 2.45) is 0 Å². The van der Waals surface area contributed by atoms with Crippen LogP contribution in [0, 0.1) is 5.82 Å². The average Bonchev–Trinajstić information content (AvgIpc) is 2.18. The molecule has 0 N–H and O–H groups in total. The van der Waals surface area contributed by atoms with Gasteiger partial charge in [0.2, 0.25) is 0 Å². The Bertz CT molecular complexity index is 306. The first kappa shape index (κ1) is 10.7. The molecule has 0 heterocycles. The Labute approximate surface area is 82.7 Å². The topological polar surface area (TPSA) is 26.3 Å². The van der Waals surface area contributed by atoms with Crippen molar-refractivity contribution in [3.05, 3.63) is 35.6 Å². The molecule has 14 heavy (non-hydrogen) atoms. The van der Waals surface area contributed by atoms with E-state index in [-0.39, 0.29) is 11.9 Å². The molecule has 0 radical (unpaired) electrons. The Hall–Kier alpha value is -1.38. The van der Waals surface area contributed by atoms with Crippen LogP contribution >= 0.6 is 0 Å². The molecule has 0 spiro atoms. The lowest BCUT2D eigenvalue weighted by Gasteiger charge is -2.10. The smallest absolute Gasteiger partial charge is 0.338 e. The number of esters is 1. The van der Waals surface area contributed by atoms with E-state index >= 15 is 0 Å². The number of carbonyl (C=O) groups is 1. The first-order valence-corrected chi connectivity index (χ1v) is 4.60. The summed E-state index contributed by atoms with van der Waals surface area (Å²) in [5.41, 5.74) is 0.381. The number of halogens is 1. The molecule has 0 aliphatic heterocycles. The van der Waals surface area contributed by atoms with Gasteiger partial charge in [-0.1, -0.05) is 6.92 Å². The number of ether oxygens (including phenoxy) is 1. The zero-order chi connectivity index (χ0) is 10.6. The minimum Gasteiger partial charge on any atom is -0.459 e. The second kappa shape index (κ2) is 4.74. The van der Waals surface area contributed by atoms with Gasteiger partial charge in [0.15, 0.2) is 0 Å². The molecule has 1 unspecified atom stereocenters. The first-order chi connectivity index (χ1) is 6.63. The molecule has 0 amide bonds. The lowest BCUT2D eigenvalue weighted by molar-refractivity contribution is 0.0334. The van der Waals surface area contributed by atoms with E-state index in [1.165, 1.54) is 24.3 Å². The van der Waals surface area contributed by atoms with Gasteiger partial charge < -0.3 is 4.74 Å². The maximum Gasteiger partial charge on any atom is 0.338 e. The number of benzene rings is 1. The molecule has 0 bridgehead atoms. The van der Waals surface area contributed by atoms with Gasteiger partial charge in [-0.3, -0.25) is 0 Å². The highest BCUT2D eigenvalue weighted by Crippen LogP contribution is 2.07. The van der Waals surface area contributed by atoms with Crippen molar-refractivity contribution in [3.8, 4) is 0 Å². The van der Waals surface area contributed by atoms with E-state index in [1.54, 1.807) is 0 Å². The van der Waals surface area contributed by atoms with Crippen LogP contribution in [0.3, 0.4) is 0 Å². The molecular formula is C11H13FO2. The van der Waals surface area contributed by atoms with Gasteiger partial charge in [-0.05, 0) is 37.6 Å². The molecule has 2 nitrogen and oxygen atoms in total. The highest BCUT2D eigenvalue weighted by Gasteiger charge is 2.09. The Morgan fingerprint density at radius 2 is 2.00 bits per heavy atom. The molecule has 1 atom stereocenters. The van der Waals surface area contributed by atoms with Gasteiger partial charge in [0.25, 0.3) is 0 Å². The standard InChI is InChI=1S/C11H13FO2/c1-3-8(2)14-11(13)9-4-6-10(12)7-5-9/h4-8H,3H2,1-2H3. The lowest BCUT2D eigenvalue weighted by atomic mass is 10.2. The number of hydrogen-bond acceptors (Lipinski definition) is 2. The fourth-order valence-electron chi connectivity index (χ4n) is 0.920. The maximum absolute atomic E-state index is 12.5. The Morgan fingerprint density at radius 3 is 2.50 bits per heavy atom. The Kier molecular flexibility index (Phi) is 3.63. The van der Waals surface area contributed by atoms with Crippen LogP contribution in [-0.4, -0.2) is 12.1 Å². The van der Waals surface area contributed by atoms with Crippen LogP contribution in [0.25, 0.3) is 0 Å². The van der Waals surface area contributed by atoms with Gasteiger partial charge >= 0.3 is 5.97 Å². The fourth-order valence-corrected chi connectivity index (χ4v) is 0.920. The van der Waals surface area contributed by atoms with Gasteiger partial charge in [-0.15, -0.1) is 0 Å². The van der Waals surface area contributed by atoms with E-state index in [0.29, 0.717) is 5.56 Å². The monoisotopic (exact) mass is 196 g/mol. The van der Waals surface area contributed by atoms with E-state index < -0.39 is 5.97 Å². The summed E-state index contributed by atoms with van der Waals surface area (Å²) in [6.07, 6.45) is 0.667. The minimum atomic E-state index is -0.403. The zero-order valence-electron chi connectivity index (χ0n) is 8.29. The molecule has 0 aliphatic carbocycles. The maximum atomic E-state index is 12.5. The predicted molar refractivity (Wildman–Crippen MR) is 51.6 cm³/mol. The second-order valence-electron chi connectivity index (χ2n) is 3.13. The highest BCUT2D eigenvalue weighted by atomic mass is 19.1. The van der Waals surface area contributed by atoms with Gasteiger partial charge in [0, 0.05) is 0 Å². The third-order valence-corrected chi connectivity index (χ3v) is 1.96. The average molecular weight is 196 g/mol. The van der Waals surface area contributed by atoms with Gasteiger partial charge in [-0.2, -0.15) is 0 Å². The fraction of sp³-hybridized carbons (Fsp3) is 0.364. The van der Waals surface area contributed by atoms with E-state index in [4.69, 9.17) is 4.74 Å². The van der Waals surface area contributed by atoms with Crippen molar-refractivity contribution in [2.45, 2.75) is 26.4 Å².